The summed E-state index contributed by atoms with van der Waals surface area (Å²) in [6.07, 6.45) is 1.37. The fraction of sp³-hybridized carbons (Fsp3) is 0. The predicted molar refractivity (Wildman–Crippen MR) is 122 cm³/mol. The van der Waals surface area contributed by atoms with Crippen LogP contribution in [-0.4, -0.2) is 11.9 Å². The molecule has 0 saturated heterocycles. The fourth-order valence-electron chi connectivity index (χ4n) is 2.52. The molecular weight excluding hydrogens is 459 g/mol. The highest BCUT2D eigenvalue weighted by Gasteiger charge is 2.13. The zero-order chi connectivity index (χ0) is 22.4. The van der Waals surface area contributed by atoms with Crippen LogP contribution in [0.5, 0.6) is 5.75 Å². The number of esters is 1. The number of ether oxygens (including phenoxy) is 1. The smallest absolute Gasteiger partial charge is 0.343 e. The number of rotatable bonds is 5. The van der Waals surface area contributed by atoms with Crippen LogP contribution in [0.15, 0.2) is 72.3 Å². The van der Waals surface area contributed by atoms with Crippen molar-refractivity contribution in [2.45, 2.75) is 0 Å². The summed E-state index contributed by atoms with van der Waals surface area (Å²) < 4.78 is 5.35. The molecule has 5 nitrogen and oxygen atoms in total. The Balaban J connectivity index is 1.77. The molecule has 8 heteroatoms. The Morgan fingerprint density at radius 3 is 2.35 bits per heavy atom. The van der Waals surface area contributed by atoms with Crippen LogP contribution in [0.25, 0.3) is 6.08 Å². The number of amides is 1. The number of hydrogen-bond acceptors (Lipinski definition) is 4. The lowest BCUT2D eigenvalue weighted by molar-refractivity contribution is -0.112. The van der Waals surface area contributed by atoms with Gasteiger partial charge in [0.15, 0.2) is 0 Å². The number of halogens is 3. The summed E-state index contributed by atoms with van der Waals surface area (Å²) in [7, 11) is 0. The van der Waals surface area contributed by atoms with Gasteiger partial charge in [-0.1, -0.05) is 46.9 Å². The first-order valence-electron chi connectivity index (χ1n) is 8.82. The number of carbonyl (C=O) groups is 2. The van der Waals surface area contributed by atoms with Gasteiger partial charge in [-0.25, -0.2) is 4.79 Å². The first-order chi connectivity index (χ1) is 14.9. The van der Waals surface area contributed by atoms with E-state index in [1.165, 1.54) is 24.3 Å². The molecule has 0 aromatic heterocycles. The normalized spacial score (nSPS) is 10.8. The van der Waals surface area contributed by atoms with Gasteiger partial charge in [0.1, 0.15) is 17.4 Å². The molecule has 0 unspecified atom stereocenters. The van der Waals surface area contributed by atoms with E-state index in [0.717, 1.165) is 0 Å². The van der Waals surface area contributed by atoms with Crippen LogP contribution in [0.3, 0.4) is 0 Å². The van der Waals surface area contributed by atoms with Crippen LogP contribution in [0.4, 0.5) is 5.69 Å². The second-order valence-corrected chi connectivity index (χ2v) is 7.50. The van der Waals surface area contributed by atoms with Gasteiger partial charge in [-0.15, -0.1) is 0 Å². The third-order valence-electron chi connectivity index (χ3n) is 4.00. The molecule has 1 N–H and O–H groups in total. The topological polar surface area (TPSA) is 79.2 Å². The second-order valence-electron chi connectivity index (χ2n) is 6.22. The lowest BCUT2D eigenvalue weighted by atomic mass is 10.1. The van der Waals surface area contributed by atoms with E-state index in [1.807, 2.05) is 6.07 Å². The molecule has 0 saturated carbocycles. The van der Waals surface area contributed by atoms with Gasteiger partial charge in [0, 0.05) is 10.0 Å². The molecule has 0 radical (unpaired) electrons. The van der Waals surface area contributed by atoms with Crippen molar-refractivity contribution in [2.75, 3.05) is 5.32 Å². The molecule has 0 fully saturated rings. The number of anilines is 1. The van der Waals surface area contributed by atoms with Crippen LogP contribution in [0, 0.1) is 11.3 Å². The van der Waals surface area contributed by atoms with Gasteiger partial charge in [-0.3, -0.25) is 4.79 Å². The molecule has 0 atom stereocenters. The number of nitrogens with zero attached hydrogens (tertiary/aromatic N) is 1. The van der Waals surface area contributed by atoms with E-state index < -0.39 is 11.9 Å². The van der Waals surface area contributed by atoms with Gasteiger partial charge in [0.2, 0.25) is 0 Å². The maximum Gasteiger partial charge on any atom is 0.343 e. The maximum atomic E-state index is 12.5. The highest BCUT2D eigenvalue weighted by Crippen LogP contribution is 2.26. The molecule has 0 spiro atoms. The summed E-state index contributed by atoms with van der Waals surface area (Å²) in [5, 5.41) is 13.1. The molecule has 3 aromatic carbocycles. The Morgan fingerprint density at radius 1 is 0.935 bits per heavy atom. The third-order valence-corrected chi connectivity index (χ3v) is 4.82. The number of carbonyl (C=O) groups excluding carboxylic acids is 2. The van der Waals surface area contributed by atoms with E-state index >= 15 is 0 Å². The van der Waals surface area contributed by atoms with Gasteiger partial charge < -0.3 is 10.1 Å². The minimum absolute atomic E-state index is 0.169. The highest BCUT2D eigenvalue weighted by atomic mass is 35.5. The number of nitriles is 1. The SMILES string of the molecule is N#C/C(=C\c1cccc(OC(=O)c2ccc(Cl)cc2)c1)C(=O)Nc1cc(Cl)ccc1Cl. The molecule has 3 rings (SSSR count). The molecule has 0 aliphatic carbocycles. The molecule has 154 valence electrons. The first-order valence-corrected chi connectivity index (χ1v) is 9.95. The van der Waals surface area contributed by atoms with Crippen molar-refractivity contribution in [3.05, 3.63) is 98.5 Å². The van der Waals surface area contributed by atoms with Crippen LogP contribution in [0.1, 0.15) is 15.9 Å². The predicted octanol–water partition coefficient (Wildman–Crippen LogP) is 6.41. The Morgan fingerprint density at radius 2 is 1.65 bits per heavy atom. The van der Waals surface area contributed by atoms with Gasteiger partial charge in [0.05, 0.1) is 16.3 Å². The molecule has 31 heavy (non-hydrogen) atoms. The van der Waals surface area contributed by atoms with E-state index in [0.29, 0.717) is 21.2 Å². The molecular formula is C23H13Cl3N2O3. The van der Waals surface area contributed by atoms with E-state index in [2.05, 4.69) is 5.32 Å². The zero-order valence-electron chi connectivity index (χ0n) is 15.7. The lowest BCUT2D eigenvalue weighted by Gasteiger charge is -2.08. The summed E-state index contributed by atoms with van der Waals surface area (Å²) in [6, 6.07) is 19.1. The quantitative estimate of drug-likeness (QED) is 0.202. The largest absolute Gasteiger partial charge is 0.423 e. The fourth-order valence-corrected chi connectivity index (χ4v) is 2.98. The molecule has 0 bridgehead atoms. The molecule has 0 aliphatic rings. The zero-order valence-corrected chi connectivity index (χ0v) is 18.0. The summed E-state index contributed by atoms with van der Waals surface area (Å²) in [5.41, 5.74) is 0.939. The average molecular weight is 472 g/mol. The monoisotopic (exact) mass is 470 g/mol. The van der Waals surface area contributed by atoms with Gasteiger partial charge in [-0.05, 0) is 66.2 Å². The highest BCUT2D eigenvalue weighted by molar-refractivity contribution is 6.36. The Bertz CT molecular complexity index is 1220. The van der Waals surface area contributed by atoms with Gasteiger partial charge in [-0.2, -0.15) is 5.26 Å². The van der Waals surface area contributed by atoms with Crippen molar-refractivity contribution in [1.82, 2.24) is 0 Å². The second kappa shape index (κ2) is 10.1. The van der Waals surface area contributed by atoms with E-state index in [9.17, 15) is 14.9 Å². The van der Waals surface area contributed by atoms with E-state index in [4.69, 9.17) is 39.5 Å². The maximum absolute atomic E-state index is 12.5. The van der Waals surface area contributed by atoms with Crippen LogP contribution in [0.2, 0.25) is 15.1 Å². The van der Waals surface area contributed by atoms with Crippen molar-refractivity contribution in [2.24, 2.45) is 0 Å². The number of benzene rings is 3. The van der Waals surface area contributed by atoms with Crippen molar-refractivity contribution < 1.29 is 14.3 Å². The first kappa shape index (κ1) is 22.4. The minimum Gasteiger partial charge on any atom is -0.423 e. The van der Waals surface area contributed by atoms with Gasteiger partial charge in [0.25, 0.3) is 5.91 Å². The summed E-state index contributed by atoms with van der Waals surface area (Å²) in [6.45, 7) is 0. The van der Waals surface area contributed by atoms with Crippen LogP contribution in [-0.2, 0) is 4.79 Å². The van der Waals surface area contributed by atoms with Crippen LogP contribution < -0.4 is 10.1 Å². The lowest BCUT2D eigenvalue weighted by Crippen LogP contribution is -2.13. The summed E-state index contributed by atoms with van der Waals surface area (Å²) >= 11 is 17.8. The summed E-state index contributed by atoms with van der Waals surface area (Å²) in [4.78, 5) is 24.8. The molecule has 0 aliphatic heterocycles. The Kier molecular flexibility index (Phi) is 7.32. The minimum atomic E-state index is -0.657. The van der Waals surface area contributed by atoms with Crippen molar-refractivity contribution in [3.8, 4) is 11.8 Å². The third kappa shape index (κ3) is 6.09. The number of nitrogens with one attached hydrogen (secondary N) is 1. The molecule has 0 heterocycles. The number of hydrogen-bond donors (Lipinski definition) is 1. The van der Waals surface area contributed by atoms with Crippen LogP contribution >= 0.6 is 34.8 Å². The Labute approximate surface area is 193 Å². The molecule has 1 amide bonds. The van der Waals surface area contributed by atoms with Crippen molar-refractivity contribution in [3.63, 3.8) is 0 Å². The standard InChI is InChI=1S/C23H13Cl3N2O3/c24-17-6-4-15(5-7-17)23(30)31-19-3-1-2-14(11-19)10-16(13-27)22(29)28-21-12-18(25)8-9-20(21)26/h1-12H,(H,28,29)/b16-10+. The molecule has 3 aromatic rings. The van der Waals surface area contributed by atoms with Crippen molar-refractivity contribution >= 4 is 58.4 Å². The Hall–Kier alpha value is -3.30. The van der Waals surface area contributed by atoms with Gasteiger partial charge >= 0.3 is 5.97 Å². The van der Waals surface area contributed by atoms with E-state index in [-0.39, 0.29) is 22.0 Å². The van der Waals surface area contributed by atoms with E-state index in [1.54, 1.807) is 48.5 Å². The summed E-state index contributed by atoms with van der Waals surface area (Å²) in [5.74, 6) is -0.967. The van der Waals surface area contributed by atoms with Crippen molar-refractivity contribution in [1.29, 1.82) is 5.26 Å². The average Bonchev–Trinajstić information content (AvgIpc) is 2.75.